The number of benzene rings is 1. The molecule has 0 radical (unpaired) electrons. The van der Waals surface area contributed by atoms with E-state index in [2.05, 4.69) is 4.72 Å². The summed E-state index contributed by atoms with van der Waals surface area (Å²) in [5.41, 5.74) is 6.12. The van der Waals surface area contributed by atoms with Crippen LogP contribution in [0.25, 0.3) is 0 Å². The van der Waals surface area contributed by atoms with E-state index in [4.69, 9.17) is 10.5 Å². The van der Waals surface area contributed by atoms with Crippen molar-refractivity contribution in [1.82, 2.24) is 4.72 Å². The monoisotopic (exact) mass is 372 g/mol. The number of rotatable bonds is 12. The second-order valence-electron chi connectivity index (χ2n) is 6.81. The van der Waals surface area contributed by atoms with Gasteiger partial charge in [0.2, 0.25) is 10.0 Å². The van der Waals surface area contributed by atoms with E-state index in [0.717, 1.165) is 32.1 Å². The molecule has 0 amide bonds. The summed E-state index contributed by atoms with van der Waals surface area (Å²) in [5, 5.41) is 0. The molecule has 0 saturated heterocycles. The van der Waals surface area contributed by atoms with Crippen LogP contribution in [0, 0.1) is 11.7 Å². The van der Waals surface area contributed by atoms with Crippen LogP contribution >= 0.6 is 0 Å². The average molecular weight is 373 g/mol. The molecule has 142 valence electrons. The number of halogens is 1. The highest BCUT2D eigenvalue weighted by molar-refractivity contribution is 7.89. The van der Waals surface area contributed by atoms with Crippen LogP contribution in [0.3, 0.4) is 0 Å². The molecule has 2 rings (SSSR count). The van der Waals surface area contributed by atoms with Crippen LogP contribution in [-0.4, -0.2) is 27.3 Å². The van der Waals surface area contributed by atoms with Crippen LogP contribution in [0.15, 0.2) is 18.2 Å². The number of nitrogens with two attached hydrogens (primary N) is 1. The van der Waals surface area contributed by atoms with E-state index >= 15 is 0 Å². The van der Waals surface area contributed by atoms with E-state index in [-0.39, 0.29) is 11.5 Å². The molecule has 1 atom stereocenters. The van der Waals surface area contributed by atoms with Crippen molar-refractivity contribution in [3.63, 3.8) is 0 Å². The Balaban J connectivity index is 1.87. The summed E-state index contributed by atoms with van der Waals surface area (Å²) >= 11 is 0. The molecular formula is C18H29FN2O3S. The molecule has 0 heterocycles. The van der Waals surface area contributed by atoms with Gasteiger partial charge in [-0.05, 0) is 62.8 Å². The molecule has 0 unspecified atom stereocenters. The summed E-state index contributed by atoms with van der Waals surface area (Å²) < 4.78 is 46.4. The average Bonchev–Trinajstić information content (AvgIpc) is 3.37. The molecule has 7 heteroatoms. The number of hydrogen-bond donors (Lipinski definition) is 2. The lowest BCUT2D eigenvalue weighted by atomic mass is 10.1. The Kier molecular flexibility index (Phi) is 7.65. The lowest BCUT2D eigenvalue weighted by Crippen LogP contribution is -2.29. The highest BCUT2D eigenvalue weighted by atomic mass is 32.2. The third-order valence-electron chi connectivity index (χ3n) is 4.35. The van der Waals surface area contributed by atoms with Crippen LogP contribution in [0.4, 0.5) is 4.39 Å². The van der Waals surface area contributed by atoms with Crippen molar-refractivity contribution < 1.29 is 17.5 Å². The lowest BCUT2D eigenvalue weighted by Gasteiger charge is -2.16. The summed E-state index contributed by atoms with van der Waals surface area (Å²) in [5.74, 6) is 0.392. The number of sulfonamides is 1. The molecule has 3 N–H and O–H groups in total. The third-order valence-corrected chi connectivity index (χ3v) is 5.89. The SMILES string of the molecule is C[C@@H](NS(=O)(=O)CCCCCCN)c1ccc(F)c(OCC2CC2)c1. The maximum Gasteiger partial charge on any atom is 0.212 e. The van der Waals surface area contributed by atoms with Crippen molar-refractivity contribution in [2.75, 3.05) is 18.9 Å². The van der Waals surface area contributed by atoms with Gasteiger partial charge in [0.15, 0.2) is 11.6 Å². The molecule has 5 nitrogen and oxygen atoms in total. The molecule has 1 aliphatic carbocycles. The first-order chi connectivity index (χ1) is 11.9. The Morgan fingerprint density at radius 2 is 2.00 bits per heavy atom. The highest BCUT2D eigenvalue weighted by Gasteiger charge is 2.23. The van der Waals surface area contributed by atoms with Crippen molar-refractivity contribution in [2.24, 2.45) is 11.7 Å². The first kappa shape index (κ1) is 20.1. The van der Waals surface area contributed by atoms with Crippen LogP contribution in [0.2, 0.25) is 0 Å². The second-order valence-corrected chi connectivity index (χ2v) is 8.68. The molecule has 0 aliphatic heterocycles. The van der Waals surface area contributed by atoms with Gasteiger partial charge >= 0.3 is 0 Å². The molecule has 25 heavy (non-hydrogen) atoms. The molecule has 0 spiro atoms. The van der Waals surface area contributed by atoms with Crippen molar-refractivity contribution >= 4 is 10.0 Å². The smallest absolute Gasteiger partial charge is 0.212 e. The molecule has 1 aromatic rings. The Bertz CT molecular complexity index is 648. The largest absolute Gasteiger partial charge is 0.490 e. The normalized spacial score (nSPS) is 16.0. The highest BCUT2D eigenvalue weighted by Crippen LogP contribution is 2.31. The van der Waals surface area contributed by atoms with Gasteiger partial charge in [-0.2, -0.15) is 0 Å². The van der Waals surface area contributed by atoms with E-state index in [1.165, 1.54) is 6.07 Å². The van der Waals surface area contributed by atoms with Gasteiger partial charge in [-0.25, -0.2) is 17.5 Å². The van der Waals surface area contributed by atoms with Crippen LogP contribution in [-0.2, 0) is 10.0 Å². The molecule has 0 aromatic heterocycles. The predicted molar refractivity (Wildman–Crippen MR) is 97.5 cm³/mol. The first-order valence-electron chi connectivity index (χ1n) is 9.03. The minimum Gasteiger partial charge on any atom is -0.490 e. The number of ether oxygens (including phenoxy) is 1. The molecule has 1 saturated carbocycles. The van der Waals surface area contributed by atoms with Crippen molar-refractivity contribution in [3.05, 3.63) is 29.6 Å². The summed E-state index contributed by atoms with van der Waals surface area (Å²) in [6.45, 7) is 2.91. The number of hydrogen-bond acceptors (Lipinski definition) is 4. The molecule has 1 aliphatic rings. The maximum atomic E-state index is 13.8. The van der Waals surface area contributed by atoms with Gasteiger partial charge in [-0.3, -0.25) is 0 Å². The molecule has 0 bridgehead atoms. The van der Waals surface area contributed by atoms with E-state index in [0.29, 0.717) is 31.1 Å². The van der Waals surface area contributed by atoms with Crippen LogP contribution in [0.1, 0.15) is 57.1 Å². The first-order valence-corrected chi connectivity index (χ1v) is 10.7. The second kappa shape index (κ2) is 9.50. The fourth-order valence-corrected chi connectivity index (χ4v) is 3.96. The van der Waals surface area contributed by atoms with Crippen molar-refractivity contribution in [1.29, 1.82) is 0 Å². The minimum atomic E-state index is -3.37. The number of unbranched alkanes of at least 4 members (excludes halogenated alkanes) is 3. The number of nitrogens with one attached hydrogen (secondary N) is 1. The predicted octanol–water partition coefficient (Wildman–Crippen LogP) is 3.11. The fraction of sp³-hybridized carbons (Fsp3) is 0.667. The van der Waals surface area contributed by atoms with E-state index < -0.39 is 21.9 Å². The molecule has 1 fully saturated rings. The minimum absolute atomic E-state index is 0.0914. The Labute approximate surface area is 150 Å². The zero-order chi connectivity index (χ0) is 18.3. The van der Waals surface area contributed by atoms with Gasteiger partial charge in [-0.15, -0.1) is 0 Å². The zero-order valence-electron chi connectivity index (χ0n) is 14.8. The van der Waals surface area contributed by atoms with E-state index in [1.807, 2.05) is 0 Å². The van der Waals surface area contributed by atoms with Gasteiger partial charge in [0.25, 0.3) is 0 Å². The van der Waals surface area contributed by atoms with Gasteiger partial charge in [-0.1, -0.05) is 18.9 Å². The summed E-state index contributed by atoms with van der Waals surface area (Å²) in [4.78, 5) is 0. The molecule has 1 aromatic carbocycles. The summed E-state index contributed by atoms with van der Waals surface area (Å²) in [6, 6.07) is 4.08. The van der Waals surface area contributed by atoms with Gasteiger partial charge in [0.1, 0.15) is 0 Å². The van der Waals surface area contributed by atoms with Gasteiger partial charge in [0, 0.05) is 6.04 Å². The van der Waals surface area contributed by atoms with E-state index in [1.54, 1.807) is 19.1 Å². The van der Waals surface area contributed by atoms with Gasteiger partial charge < -0.3 is 10.5 Å². The Hall–Kier alpha value is -1.18. The van der Waals surface area contributed by atoms with Crippen molar-refractivity contribution in [3.8, 4) is 5.75 Å². The van der Waals surface area contributed by atoms with E-state index in [9.17, 15) is 12.8 Å². The maximum absolute atomic E-state index is 13.8. The zero-order valence-corrected chi connectivity index (χ0v) is 15.7. The molecular weight excluding hydrogens is 343 g/mol. The standard InChI is InChI=1S/C18H29FN2O3S/c1-14(21-25(22,23)11-5-3-2-4-10-20)16-8-9-17(19)18(12-16)24-13-15-6-7-15/h8-9,12,14-15,21H,2-7,10-11,13,20H2,1H3/t14-/m1/s1. The summed E-state index contributed by atoms with van der Waals surface area (Å²) in [6.07, 6.45) is 5.58. The quantitative estimate of drug-likeness (QED) is 0.552. The fourth-order valence-electron chi connectivity index (χ4n) is 2.58. The third kappa shape index (κ3) is 7.30. The topological polar surface area (TPSA) is 81.4 Å². The van der Waals surface area contributed by atoms with Crippen molar-refractivity contribution in [2.45, 2.75) is 51.5 Å². The Morgan fingerprint density at radius 1 is 1.28 bits per heavy atom. The van der Waals surface area contributed by atoms with Gasteiger partial charge in [0.05, 0.1) is 12.4 Å². The van der Waals surface area contributed by atoms with Crippen LogP contribution < -0.4 is 15.2 Å². The summed E-state index contributed by atoms with van der Waals surface area (Å²) in [7, 11) is -3.37. The lowest BCUT2D eigenvalue weighted by molar-refractivity contribution is 0.285. The van der Waals surface area contributed by atoms with Crippen LogP contribution in [0.5, 0.6) is 5.75 Å². The Morgan fingerprint density at radius 3 is 2.68 bits per heavy atom.